The van der Waals surface area contributed by atoms with Crippen LogP contribution in [-0.4, -0.2) is 44.2 Å². The number of rotatable bonds is 6. The van der Waals surface area contributed by atoms with Crippen molar-refractivity contribution in [1.82, 2.24) is 25.2 Å². The van der Waals surface area contributed by atoms with Gasteiger partial charge in [0.1, 0.15) is 5.69 Å². The van der Waals surface area contributed by atoms with Gasteiger partial charge in [0, 0.05) is 24.6 Å². The molecule has 2 aromatic rings. The quantitative estimate of drug-likeness (QED) is 0.828. The summed E-state index contributed by atoms with van der Waals surface area (Å²) in [7, 11) is 0. The van der Waals surface area contributed by atoms with E-state index in [1.807, 2.05) is 0 Å². The third kappa shape index (κ3) is 3.76. The van der Waals surface area contributed by atoms with Crippen LogP contribution in [-0.2, 0) is 13.0 Å². The zero-order chi connectivity index (χ0) is 16.2. The van der Waals surface area contributed by atoms with Gasteiger partial charge in [0.25, 0.3) is 5.91 Å². The number of primary amides is 1. The van der Waals surface area contributed by atoms with Crippen LogP contribution in [0.4, 0.5) is 0 Å². The normalized spacial score (nSPS) is 19.1. The van der Waals surface area contributed by atoms with Crippen molar-refractivity contribution < 1.29 is 9.32 Å². The van der Waals surface area contributed by atoms with Gasteiger partial charge in [-0.15, -0.1) is 0 Å². The van der Waals surface area contributed by atoms with Gasteiger partial charge in [0.2, 0.25) is 5.89 Å². The maximum absolute atomic E-state index is 11.2. The van der Waals surface area contributed by atoms with Gasteiger partial charge in [-0.1, -0.05) is 12.1 Å². The summed E-state index contributed by atoms with van der Waals surface area (Å²) >= 11 is 0. The minimum Gasteiger partial charge on any atom is -0.364 e. The molecule has 0 bridgehead atoms. The zero-order valence-electron chi connectivity index (χ0n) is 13.3. The Morgan fingerprint density at radius 1 is 1.57 bits per heavy atom. The minimum absolute atomic E-state index is 0.290. The summed E-state index contributed by atoms with van der Waals surface area (Å²) in [6.07, 6.45) is 3.98. The summed E-state index contributed by atoms with van der Waals surface area (Å²) in [6.45, 7) is 4.62. The number of aromatic nitrogens is 4. The van der Waals surface area contributed by atoms with Crippen LogP contribution >= 0.6 is 0 Å². The maximum Gasteiger partial charge on any atom is 0.269 e. The number of nitrogens with one attached hydrogen (secondary N) is 1. The van der Waals surface area contributed by atoms with Crippen molar-refractivity contribution in [1.29, 1.82) is 0 Å². The first-order chi connectivity index (χ1) is 11.2. The molecule has 1 aliphatic rings. The first kappa shape index (κ1) is 15.7. The number of carbonyl (C=O) groups excluding carboxylic acids is 1. The number of aromatic amines is 1. The van der Waals surface area contributed by atoms with Gasteiger partial charge in [0.15, 0.2) is 5.82 Å². The fourth-order valence-electron chi connectivity index (χ4n) is 3.00. The Balaban J connectivity index is 1.61. The molecule has 1 fully saturated rings. The largest absolute Gasteiger partial charge is 0.364 e. The number of hydrogen-bond acceptors (Lipinski definition) is 6. The fourth-order valence-corrected chi connectivity index (χ4v) is 3.00. The van der Waals surface area contributed by atoms with E-state index >= 15 is 0 Å². The lowest BCUT2D eigenvalue weighted by atomic mass is 9.94. The number of aryl methyl sites for hydroxylation is 1. The Labute approximate surface area is 134 Å². The lowest BCUT2D eigenvalue weighted by molar-refractivity contribution is 0.0995. The minimum atomic E-state index is -0.505. The Kier molecular flexibility index (Phi) is 4.71. The zero-order valence-corrected chi connectivity index (χ0v) is 13.3. The fraction of sp³-hybridized carbons (Fsp3) is 0.600. The highest BCUT2D eigenvalue weighted by Crippen LogP contribution is 2.26. The Morgan fingerprint density at radius 2 is 2.43 bits per heavy atom. The summed E-state index contributed by atoms with van der Waals surface area (Å²) < 4.78 is 5.31. The molecule has 2 aromatic heterocycles. The molecule has 3 rings (SSSR count). The first-order valence-electron chi connectivity index (χ1n) is 8.04. The molecule has 0 unspecified atom stereocenters. The molecule has 8 heteroatoms. The molecule has 8 nitrogen and oxygen atoms in total. The van der Waals surface area contributed by atoms with Crippen LogP contribution < -0.4 is 5.73 Å². The number of carbonyl (C=O) groups is 1. The van der Waals surface area contributed by atoms with E-state index in [9.17, 15) is 4.79 Å². The van der Waals surface area contributed by atoms with Crippen LogP contribution in [0.15, 0.2) is 10.6 Å². The second kappa shape index (κ2) is 6.91. The predicted molar refractivity (Wildman–Crippen MR) is 82.7 cm³/mol. The molecule has 124 valence electrons. The molecule has 0 radical (unpaired) electrons. The monoisotopic (exact) mass is 318 g/mol. The Hall–Kier alpha value is -2.22. The number of piperidine rings is 1. The van der Waals surface area contributed by atoms with E-state index in [2.05, 4.69) is 32.2 Å². The lowest BCUT2D eigenvalue weighted by Crippen LogP contribution is -2.34. The average Bonchev–Trinajstić information content (AvgIpc) is 3.17. The molecule has 0 saturated carbocycles. The predicted octanol–water partition coefficient (Wildman–Crippen LogP) is 1.22. The van der Waals surface area contributed by atoms with Crippen LogP contribution in [0.3, 0.4) is 0 Å². The van der Waals surface area contributed by atoms with Gasteiger partial charge < -0.3 is 10.3 Å². The molecule has 0 spiro atoms. The number of hydrogen-bond donors (Lipinski definition) is 2. The molecular formula is C15H22N6O2. The van der Waals surface area contributed by atoms with E-state index in [0.29, 0.717) is 24.0 Å². The molecule has 1 amide bonds. The summed E-state index contributed by atoms with van der Waals surface area (Å²) in [6, 6.07) is 1.75. The number of nitrogens with zero attached hydrogens (tertiary/aromatic N) is 4. The SMILES string of the molecule is CCCc1noc(CN2CCC[C@@H](c3cc(C(N)=O)n[nH]3)C2)n1. The Bertz CT molecular complexity index is 664. The molecule has 1 aliphatic heterocycles. The number of amides is 1. The van der Waals surface area contributed by atoms with E-state index in [-0.39, 0.29) is 0 Å². The number of likely N-dealkylation sites (tertiary alicyclic amines) is 1. The van der Waals surface area contributed by atoms with Crippen molar-refractivity contribution >= 4 is 5.91 Å². The summed E-state index contributed by atoms with van der Waals surface area (Å²) in [4.78, 5) is 17.9. The molecule has 3 heterocycles. The lowest BCUT2D eigenvalue weighted by Gasteiger charge is -2.30. The van der Waals surface area contributed by atoms with Crippen molar-refractivity contribution in [3.8, 4) is 0 Å². The molecule has 1 saturated heterocycles. The summed E-state index contributed by atoms with van der Waals surface area (Å²) in [5.74, 6) is 1.24. The topological polar surface area (TPSA) is 114 Å². The summed E-state index contributed by atoms with van der Waals surface area (Å²) in [5.41, 5.74) is 6.50. The van der Waals surface area contributed by atoms with E-state index in [0.717, 1.165) is 50.3 Å². The number of H-pyrrole nitrogens is 1. The van der Waals surface area contributed by atoms with Crippen molar-refractivity contribution in [3.63, 3.8) is 0 Å². The van der Waals surface area contributed by atoms with E-state index in [1.165, 1.54) is 0 Å². The van der Waals surface area contributed by atoms with Gasteiger partial charge in [0.05, 0.1) is 6.54 Å². The maximum atomic E-state index is 11.2. The third-order valence-electron chi connectivity index (χ3n) is 4.14. The Morgan fingerprint density at radius 3 is 3.17 bits per heavy atom. The molecule has 3 N–H and O–H groups in total. The van der Waals surface area contributed by atoms with Gasteiger partial charge in [-0.05, 0) is 31.9 Å². The van der Waals surface area contributed by atoms with E-state index < -0.39 is 5.91 Å². The highest BCUT2D eigenvalue weighted by molar-refractivity contribution is 5.90. The highest BCUT2D eigenvalue weighted by Gasteiger charge is 2.24. The van der Waals surface area contributed by atoms with Crippen molar-refractivity contribution in [3.05, 3.63) is 29.2 Å². The van der Waals surface area contributed by atoms with Gasteiger partial charge in [-0.2, -0.15) is 10.1 Å². The molecular weight excluding hydrogens is 296 g/mol. The van der Waals surface area contributed by atoms with Crippen LogP contribution in [0.25, 0.3) is 0 Å². The summed E-state index contributed by atoms with van der Waals surface area (Å²) in [5, 5.41) is 10.9. The van der Waals surface area contributed by atoms with Crippen LogP contribution in [0.1, 0.15) is 60.0 Å². The molecule has 23 heavy (non-hydrogen) atoms. The van der Waals surface area contributed by atoms with Gasteiger partial charge in [-0.3, -0.25) is 14.8 Å². The molecule has 0 aliphatic carbocycles. The average molecular weight is 318 g/mol. The third-order valence-corrected chi connectivity index (χ3v) is 4.14. The van der Waals surface area contributed by atoms with E-state index in [4.69, 9.17) is 10.3 Å². The standard InChI is InChI=1S/C15H22N6O2/c1-2-4-13-17-14(23-20-13)9-21-6-3-5-10(8-21)11-7-12(15(16)22)19-18-11/h7,10H,2-6,8-9H2,1H3,(H2,16,22)(H,18,19)/t10-/m1/s1. The molecule has 1 atom stereocenters. The first-order valence-corrected chi connectivity index (χ1v) is 8.04. The van der Waals surface area contributed by atoms with Crippen LogP contribution in [0.5, 0.6) is 0 Å². The van der Waals surface area contributed by atoms with Crippen LogP contribution in [0.2, 0.25) is 0 Å². The van der Waals surface area contributed by atoms with Crippen molar-refractivity contribution in [2.45, 2.75) is 45.1 Å². The second-order valence-corrected chi connectivity index (χ2v) is 6.00. The highest BCUT2D eigenvalue weighted by atomic mass is 16.5. The van der Waals surface area contributed by atoms with Crippen molar-refractivity contribution in [2.24, 2.45) is 5.73 Å². The van der Waals surface area contributed by atoms with Crippen molar-refractivity contribution in [2.75, 3.05) is 13.1 Å². The van der Waals surface area contributed by atoms with Gasteiger partial charge in [-0.25, -0.2) is 0 Å². The van der Waals surface area contributed by atoms with Crippen LogP contribution in [0, 0.1) is 0 Å². The van der Waals surface area contributed by atoms with E-state index in [1.54, 1.807) is 6.07 Å². The van der Waals surface area contributed by atoms with Gasteiger partial charge >= 0.3 is 0 Å². The smallest absolute Gasteiger partial charge is 0.269 e. The second-order valence-electron chi connectivity index (χ2n) is 6.00. The molecule has 0 aromatic carbocycles. The number of nitrogens with two attached hydrogens (primary N) is 1.